The van der Waals surface area contributed by atoms with Gasteiger partial charge in [-0.05, 0) is 42.7 Å². The van der Waals surface area contributed by atoms with E-state index in [0.29, 0.717) is 18.8 Å². The number of amides is 3. The summed E-state index contributed by atoms with van der Waals surface area (Å²) in [4.78, 5) is 38.5. The second-order valence-corrected chi connectivity index (χ2v) is 7.62. The number of nitrogens with one attached hydrogen (secondary N) is 2. The van der Waals surface area contributed by atoms with E-state index in [1.54, 1.807) is 29.2 Å². The van der Waals surface area contributed by atoms with Gasteiger partial charge in [0.1, 0.15) is 0 Å². The maximum absolute atomic E-state index is 12.5. The molecule has 154 valence electrons. The van der Waals surface area contributed by atoms with Crippen LogP contribution in [0.3, 0.4) is 0 Å². The summed E-state index contributed by atoms with van der Waals surface area (Å²) in [5, 5.41) is 5.72. The Hall–Kier alpha value is -3.09. The zero-order valence-electron chi connectivity index (χ0n) is 16.8. The Bertz CT molecular complexity index is 843. The molecule has 1 aliphatic heterocycles. The molecule has 0 spiro atoms. The van der Waals surface area contributed by atoms with Crippen LogP contribution in [0.1, 0.15) is 42.8 Å². The predicted molar refractivity (Wildman–Crippen MR) is 109 cm³/mol. The number of benzene rings is 1. The Labute approximate surface area is 170 Å². The highest BCUT2D eigenvalue weighted by atomic mass is 16.3. The molecule has 0 bridgehead atoms. The lowest BCUT2D eigenvalue weighted by Crippen LogP contribution is -2.46. The maximum Gasteiger partial charge on any atom is 0.291 e. The van der Waals surface area contributed by atoms with Crippen molar-refractivity contribution in [2.24, 2.45) is 11.8 Å². The van der Waals surface area contributed by atoms with Crippen molar-refractivity contribution < 1.29 is 18.8 Å². The highest BCUT2D eigenvalue weighted by molar-refractivity contribution is 6.02. The van der Waals surface area contributed by atoms with E-state index in [4.69, 9.17) is 4.42 Å². The molecule has 3 rings (SSSR count). The molecule has 0 radical (unpaired) electrons. The lowest BCUT2D eigenvalue weighted by atomic mass is 9.96. The molecule has 1 aromatic heterocycles. The third-order valence-corrected chi connectivity index (χ3v) is 5.02. The molecule has 2 aromatic rings. The van der Waals surface area contributed by atoms with Crippen molar-refractivity contribution in [3.8, 4) is 0 Å². The molecule has 1 aromatic carbocycles. The number of piperidine rings is 1. The first-order valence-electron chi connectivity index (χ1n) is 9.94. The largest absolute Gasteiger partial charge is 0.459 e. The summed E-state index contributed by atoms with van der Waals surface area (Å²) in [6.45, 7) is 5.38. The van der Waals surface area contributed by atoms with Gasteiger partial charge in [-0.1, -0.05) is 26.0 Å². The normalized spacial score (nSPS) is 16.5. The lowest BCUT2D eigenvalue weighted by Gasteiger charge is -2.33. The minimum Gasteiger partial charge on any atom is -0.459 e. The summed E-state index contributed by atoms with van der Waals surface area (Å²) in [7, 11) is 0. The molecule has 1 saturated heterocycles. The number of furan rings is 1. The van der Waals surface area contributed by atoms with Crippen molar-refractivity contribution in [1.29, 1.82) is 0 Å². The third-order valence-electron chi connectivity index (χ3n) is 5.02. The van der Waals surface area contributed by atoms with Crippen molar-refractivity contribution >= 4 is 23.4 Å². The van der Waals surface area contributed by atoms with Crippen LogP contribution in [-0.2, 0) is 16.1 Å². The predicted octanol–water partition coefficient (Wildman–Crippen LogP) is 3.04. The Balaban J connectivity index is 1.48. The summed E-state index contributed by atoms with van der Waals surface area (Å²) in [5.41, 5.74) is 1.58. The molecule has 1 unspecified atom stereocenters. The second-order valence-electron chi connectivity index (χ2n) is 7.62. The molecule has 7 nitrogen and oxygen atoms in total. The van der Waals surface area contributed by atoms with Gasteiger partial charge in [0, 0.05) is 31.2 Å². The van der Waals surface area contributed by atoms with E-state index in [2.05, 4.69) is 10.6 Å². The van der Waals surface area contributed by atoms with Crippen molar-refractivity contribution in [2.75, 3.05) is 18.4 Å². The average Bonchev–Trinajstić information content (AvgIpc) is 3.27. The molecular weight excluding hydrogens is 370 g/mol. The highest BCUT2D eigenvalue weighted by Crippen LogP contribution is 2.19. The summed E-state index contributed by atoms with van der Waals surface area (Å²) >= 11 is 0. The molecule has 0 saturated carbocycles. The number of hydrogen-bond acceptors (Lipinski definition) is 4. The molecule has 2 heterocycles. The van der Waals surface area contributed by atoms with Crippen molar-refractivity contribution in [2.45, 2.75) is 33.2 Å². The van der Waals surface area contributed by atoms with E-state index >= 15 is 0 Å². The average molecular weight is 397 g/mol. The first kappa shape index (κ1) is 20.6. The van der Waals surface area contributed by atoms with Gasteiger partial charge in [0.2, 0.25) is 11.8 Å². The standard InChI is InChI=1S/C22H27N3O4/c1-15(2)22(28)25-11-3-5-17(14-25)20(26)23-13-16-7-9-18(10-8-16)24-21(27)19-6-4-12-29-19/h4,6-10,12,15,17H,3,5,11,13-14H2,1-2H3,(H,23,26)(H,24,27). The molecule has 0 aliphatic carbocycles. The van der Waals surface area contributed by atoms with Gasteiger partial charge in [-0.15, -0.1) is 0 Å². The van der Waals surface area contributed by atoms with Crippen LogP contribution in [0, 0.1) is 11.8 Å². The van der Waals surface area contributed by atoms with Crippen molar-refractivity contribution in [3.63, 3.8) is 0 Å². The summed E-state index contributed by atoms with van der Waals surface area (Å²) in [6.07, 6.45) is 3.09. The first-order chi connectivity index (χ1) is 13.9. The number of carbonyl (C=O) groups is 3. The smallest absolute Gasteiger partial charge is 0.291 e. The van der Waals surface area contributed by atoms with Crippen LogP contribution < -0.4 is 10.6 Å². The Morgan fingerprint density at radius 2 is 1.93 bits per heavy atom. The van der Waals surface area contributed by atoms with E-state index in [-0.39, 0.29) is 35.3 Å². The van der Waals surface area contributed by atoms with E-state index < -0.39 is 0 Å². The quantitative estimate of drug-likeness (QED) is 0.784. The zero-order valence-corrected chi connectivity index (χ0v) is 16.8. The fourth-order valence-electron chi connectivity index (χ4n) is 3.40. The van der Waals surface area contributed by atoms with Gasteiger partial charge >= 0.3 is 0 Å². The van der Waals surface area contributed by atoms with E-state index in [0.717, 1.165) is 24.9 Å². The molecule has 2 N–H and O–H groups in total. The van der Waals surface area contributed by atoms with Crippen LogP contribution in [0.5, 0.6) is 0 Å². The van der Waals surface area contributed by atoms with Gasteiger partial charge in [-0.2, -0.15) is 0 Å². The first-order valence-corrected chi connectivity index (χ1v) is 9.94. The lowest BCUT2D eigenvalue weighted by molar-refractivity contribution is -0.138. The third kappa shape index (κ3) is 5.47. The fourth-order valence-corrected chi connectivity index (χ4v) is 3.40. The maximum atomic E-state index is 12.5. The van der Waals surface area contributed by atoms with Gasteiger partial charge in [0.15, 0.2) is 5.76 Å². The number of nitrogens with zero attached hydrogens (tertiary/aromatic N) is 1. The van der Waals surface area contributed by atoms with Crippen LogP contribution in [0.4, 0.5) is 5.69 Å². The van der Waals surface area contributed by atoms with Gasteiger partial charge < -0.3 is 20.0 Å². The van der Waals surface area contributed by atoms with Crippen LogP contribution in [0.2, 0.25) is 0 Å². The minimum atomic E-state index is -0.311. The number of hydrogen-bond donors (Lipinski definition) is 2. The summed E-state index contributed by atoms with van der Waals surface area (Å²) in [5.74, 6) is -0.203. The number of likely N-dealkylation sites (tertiary alicyclic amines) is 1. The Kier molecular flexibility index (Phi) is 6.69. The van der Waals surface area contributed by atoms with Crippen LogP contribution in [0.15, 0.2) is 47.1 Å². The number of anilines is 1. The summed E-state index contributed by atoms with van der Waals surface area (Å²) in [6, 6.07) is 10.5. The fraction of sp³-hybridized carbons (Fsp3) is 0.409. The SMILES string of the molecule is CC(C)C(=O)N1CCCC(C(=O)NCc2ccc(NC(=O)c3ccco3)cc2)C1. The van der Waals surface area contributed by atoms with E-state index in [1.165, 1.54) is 6.26 Å². The Morgan fingerprint density at radius 3 is 2.59 bits per heavy atom. The van der Waals surface area contributed by atoms with Gasteiger partial charge in [-0.25, -0.2) is 0 Å². The van der Waals surface area contributed by atoms with Gasteiger partial charge in [0.25, 0.3) is 5.91 Å². The van der Waals surface area contributed by atoms with Gasteiger partial charge in [-0.3, -0.25) is 14.4 Å². The van der Waals surface area contributed by atoms with E-state index in [9.17, 15) is 14.4 Å². The van der Waals surface area contributed by atoms with Gasteiger partial charge in [0.05, 0.1) is 12.2 Å². The molecule has 1 atom stereocenters. The summed E-state index contributed by atoms with van der Waals surface area (Å²) < 4.78 is 5.06. The molecule has 29 heavy (non-hydrogen) atoms. The molecule has 1 fully saturated rings. The number of carbonyl (C=O) groups excluding carboxylic acids is 3. The van der Waals surface area contributed by atoms with Crippen LogP contribution in [0.25, 0.3) is 0 Å². The molecule has 3 amide bonds. The molecule has 1 aliphatic rings. The molecular formula is C22H27N3O4. The van der Waals surface area contributed by atoms with Crippen molar-refractivity contribution in [1.82, 2.24) is 10.2 Å². The zero-order chi connectivity index (χ0) is 20.8. The van der Waals surface area contributed by atoms with E-state index in [1.807, 2.05) is 26.0 Å². The number of rotatable bonds is 6. The Morgan fingerprint density at radius 1 is 1.17 bits per heavy atom. The molecule has 7 heteroatoms. The van der Waals surface area contributed by atoms with Crippen molar-refractivity contribution in [3.05, 3.63) is 54.0 Å². The topological polar surface area (TPSA) is 91.7 Å². The highest BCUT2D eigenvalue weighted by Gasteiger charge is 2.29. The minimum absolute atomic E-state index is 0.0264. The monoisotopic (exact) mass is 397 g/mol. The van der Waals surface area contributed by atoms with Crippen LogP contribution >= 0.6 is 0 Å². The second kappa shape index (κ2) is 9.41. The van der Waals surface area contributed by atoms with Crippen LogP contribution in [-0.4, -0.2) is 35.7 Å².